The molecule has 194 valence electrons. The van der Waals surface area contributed by atoms with E-state index in [2.05, 4.69) is 10.3 Å². The number of carbonyl (C=O) groups is 2. The second kappa shape index (κ2) is 10.1. The Bertz CT molecular complexity index is 1510. The Labute approximate surface area is 220 Å². The summed E-state index contributed by atoms with van der Waals surface area (Å²) in [5.41, 5.74) is 4.42. The third kappa shape index (κ3) is 4.42. The topological polar surface area (TPSA) is 92.9 Å². The highest BCUT2D eigenvalue weighted by molar-refractivity contribution is 6.06. The predicted molar refractivity (Wildman–Crippen MR) is 143 cm³/mol. The van der Waals surface area contributed by atoms with Crippen LogP contribution in [0.4, 0.5) is 0 Å². The van der Waals surface area contributed by atoms with Gasteiger partial charge in [-0.05, 0) is 65.9 Å². The zero-order valence-corrected chi connectivity index (χ0v) is 21.2. The van der Waals surface area contributed by atoms with Crippen molar-refractivity contribution in [3.05, 3.63) is 89.1 Å². The number of aromatic amines is 1. The van der Waals surface area contributed by atoms with Gasteiger partial charge < -0.3 is 29.4 Å². The molecule has 1 unspecified atom stereocenters. The van der Waals surface area contributed by atoms with E-state index in [0.29, 0.717) is 49.6 Å². The van der Waals surface area contributed by atoms with Gasteiger partial charge in [0, 0.05) is 24.7 Å². The Morgan fingerprint density at radius 1 is 1.08 bits per heavy atom. The molecule has 8 heteroatoms. The number of H-pyrrole nitrogens is 1. The first-order chi connectivity index (χ1) is 18.6. The standard InChI is InChI=1S/C30H29N3O5/c1-36-25-17-24-20-10-13-33(30(35)23-8-3-5-19-9-12-32-28(19)23)29(24)21-6-2-7-22(15-21)37-14-4-11-31-27(34)18-38-26(25)16-20/h2-3,5-9,12,15-17,29,32H,4,10-11,13-14,18H2,1H3,(H,31,34). The average molecular weight is 512 g/mol. The highest BCUT2D eigenvalue weighted by atomic mass is 16.5. The van der Waals surface area contributed by atoms with Crippen molar-refractivity contribution >= 4 is 22.7 Å². The van der Waals surface area contributed by atoms with Gasteiger partial charge in [-0.2, -0.15) is 0 Å². The van der Waals surface area contributed by atoms with Gasteiger partial charge in [0.2, 0.25) is 0 Å². The number of benzene rings is 3. The van der Waals surface area contributed by atoms with Gasteiger partial charge >= 0.3 is 0 Å². The summed E-state index contributed by atoms with van der Waals surface area (Å²) in [6, 6.07) is 19.1. The number of nitrogens with zero attached hydrogens (tertiary/aromatic N) is 1. The number of para-hydroxylation sites is 1. The van der Waals surface area contributed by atoms with E-state index in [-0.39, 0.29) is 24.5 Å². The summed E-state index contributed by atoms with van der Waals surface area (Å²) in [5, 5.41) is 3.85. The molecule has 0 fully saturated rings. The molecule has 2 amide bonds. The lowest BCUT2D eigenvalue weighted by Crippen LogP contribution is -2.40. The summed E-state index contributed by atoms with van der Waals surface area (Å²) in [4.78, 5) is 31.6. The SMILES string of the molecule is COc1cc2c3cc1OCC(=O)NCCCOc1cccc(c1)C2N(C(=O)c1cccc2cc[nH]c12)CC3. The molecule has 6 bridgehead atoms. The minimum absolute atomic E-state index is 0.0506. The molecule has 4 heterocycles. The van der Waals surface area contributed by atoms with Crippen LogP contribution in [0.2, 0.25) is 0 Å². The fourth-order valence-electron chi connectivity index (χ4n) is 5.35. The first-order valence-corrected chi connectivity index (χ1v) is 12.8. The molecule has 1 aromatic heterocycles. The summed E-state index contributed by atoms with van der Waals surface area (Å²) in [6.45, 7) is 1.35. The Kier molecular flexibility index (Phi) is 6.37. The Hall–Kier alpha value is -4.46. The van der Waals surface area contributed by atoms with Crippen molar-refractivity contribution in [3.63, 3.8) is 0 Å². The van der Waals surface area contributed by atoms with E-state index in [0.717, 1.165) is 33.3 Å². The average Bonchev–Trinajstić information content (AvgIpc) is 3.43. The number of ether oxygens (including phenoxy) is 3. The van der Waals surface area contributed by atoms with Crippen molar-refractivity contribution in [2.75, 3.05) is 33.4 Å². The van der Waals surface area contributed by atoms with E-state index < -0.39 is 0 Å². The molecule has 8 nitrogen and oxygen atoms in total. The number of hydrogen-bond acceptors (Lipinski definition) is 5. The van der Waals surface area contributed by atoms with Crippen LogP contribution in [-0.4, -0.2) is 55.1 Å². The second-order valence-corrected chi connectivity index (χ2v) is 9.51. The summed E-state index contributed by atoms with van der Waals surface area (Å²) in [5.74, 6) is 1.50. The van der Waals surface area contributed by atoms with E-state index >= 15 is 0 Å². The minimum atomic E-state index is -0.362. The smallest absolute Gasteiger partial charge is 0.257 e. The molecule has 0 radical (unpaired) electrons. The van der Waals surface area contributed by atoms with Crippen molar-refractivity contribution in [2.24, 2.45) is 0 Å². The number of nitrogens with one attached hydrogen (secondary N) is 2. The van der Waals surface area contributed by atoms with Gasteiger partial charge in [-0.25, -0.2) is 0 Å². The number of fused-ring (bicyclic) bond motifs is 9. The van der Waals surface area contributed by atoms with Crippen LogP contribution in [0.15, 0.2) is 66.9 Å². The molecule has 3 aromatic carbocycles. The Balaban J connectivity index is 1.49. The first kappa shape index (κ1) is 23.9. The van der Waals surface area contributed by atoms with Gasteiger partial charge in [-0.3, -0.25) is 9.59 Å². The molecule has 0 aliphatic carbocycles. The number of methoxy groups -OCH3 is 1. The maximum atomic E-state index is 14.1. The molecule has 1 atom stereocenters. The van der Waals surface area contributed by atoms with Gasteiger partial charge in [0.25, 0.3) is 11.8 Å². The molecular formula is C30H29N3O5. The maximum Gasteiger partial charge on any atom is 0.257 e. The Morgan fingerprint density at radius 2 is 1.97 bits per heavy atom. The molecule has 0 saturated carbocycles. The Morgan fingerprint density at radius 3 is 2.87 bits per heavy atom. The van der Waals surface area contributed by atoms with Crippen LogP contribution in [0, 0.1) is 0 Å². The van der Waals surface area contributed by atoms with Crippen LogP contribution >= 0.6 is 0 Å². The highest BCUT2D eigenvalue weighted by Crippen LogP contribution is 2.42. The van der Waals surface area contributed by atoms with Crippen LogP contribution in [-0.2, 0) is 11.2 Å². The van der Waals surface area contributed by atoms with Crippen molar-refractivity contribution in [1.82, 2.24) is 15.2 Å². The first-order valence-electron chi connectivity index (χ1n) is 12.8. The van der Waals surface area contributed by atoms with Crippen molar-refractivity contribution < 1.29 is 23.8 Å². The van der Waals surface area contributed by atoms with Gasteiger partial charge in [-0.1, -0.05) is 24.3 Å². The second-order valence-electron chi connectivity index (χ2n) is 9.51. The van der Waals surface area contributed by atoms with Gasteiger partial charge in [-0.15, -0.1) is 0 Å². The zero-order chi connectivity index (χ0) is 26.1. The van der Waals surface area contributed by atoms with Crippen molar-refractivity contribution in [2.45, 2.75) is 18.9 Å². The lowest BCUT2D eigenvalue weighted by Gasteiger charge is -2.38. The van der Waals surface area contributed by atoms with E-state index in [4.69, 9.17) is 14.2 Å². The highest BCUT2D eigenvalue weighted by Gasteiger charge is 2.35. The predicted octanol–water partition coefficient (Wildman–Crippen LogP) is 4.24. The fraction of sp³-hybridized carbons (Fsp3) is 0.267. The van der Waals surface area contributed by atoms with E-state index in [1.807, 2.05) is 71.8 Å². The summed E-state index contributed by atoms with van der Waals surface area (Å²) < 4.78 is 17.6. The summed E-state index contributed by atoms with van der Waals surface area (Å²) in [6.07, 6.45) is 3.15. The summed E-state index contributed by atoms with van der Waals surface area (Å²) in [7, 11) is 1.58. The number of hydrogen-bond donors (Lipinski definition) is 2. The molecule has 2 N–H and O–H groups in total. The van der Waals surface area contributed by atoms with Gasteiger partial charge in [0.1, 0.15) is 5.75 Å². The van der Waals surface area contributed by atoms with E-state index in [1.165, 1.54) is 0 Å². The van der Waals surface area contributed by atoms with Crippen LogP contribution in [0.5, 0.6) is 17.2 Å². The molecular weight excluding hydrogens is 482 g/mol. The molecule has 4 aromatic rings. The summed E-state index contributed by atoms with van der Waals surface area (Å²) >= 11 is 0. The lowest BCUT2D eigenvalue weighted by atomic mass is 9.87. The number of amides is 2. The number of rotatable bonds is 2. The number of aromatic nitrogens is 1. The zero-order valence-electron chi connectivity index (χ0n) is 21.2. The molecule has 0 saturated heterocycles. The lowest BCUT2D eigenvalue weighted by molar-refractivity contribution is -0.123. The van der Waals surface area contributed by atoms with Crippen LogP contribution < -0.4 is 19.5 Å². The monoisotopic (exact) mass is 511 g/mol. The third-order valence-electron chi connectivity index (χ3n) is 7.18. The van der Waals surface area contributed by atoms with Gasteiger partial charge in [0.15, 0.2) is 18.1 Å². The maximum absolute atomic E-state index is 14.1. The molecule has 38 heavy (non-hydrogen) atoms. The van der Waals surface area contributed by atoms with Crippen LogP contribution in [0.3, 0.4) is 0 Å². The van der Waals surface area contributed by atoms with E-state index in [1.54, 1.807) is 7.11 Å². The molecule has 3 aliphatic rings. The van der Waals surface area contributed by atoms with E-state index in [9.17, 15) is 9.59 Å². The van der Waals surface area contributed by atoms with Gasteiger partial charge in [0.05, 0.1) is 30.8 Å². The quantitative estimate of drug-likeness (QED) is 0.420. The van der Waals surface area contributed by atoms with Crippen molar-refractivity contribution in [3.8, 4) is 17.2 Å². The minimum Gasteiger partial charge on any atom is -0.494 e. The fourth-order valence-corrected chi connectivity index (χ4v) is 5.35. The normalized spacial score (nSPS) is 17.4. The largest absolute Gasteiger partial charge is 0.494 e. The third-order valence-corrected chi connectivity index (χ3v) is 7.18. The molecule has 3 aliphatic heterocycles. The van der Waals surface area contributed by atoms with Crippen LogP contribution in [0.25, 0.3) is 10.9 Å². The van der Waals surface area contributed by atoms with Crippen molar-refractivity contribution in [1.29, 1.82) is 0 Å². The molecule has 0 spiro atoms. The number of carbonyl (C=O) groups excluding carboxylic acids is 2. The molecule has 7 rings (SSSR count). The van der Waals surface area contributed by atoms with Crippen LogP contribution in [0.1, 0.15) is 39.5 Å².